The van der Waals surface area contributed by atoms with Crippen molar-refractivity contribution >= 4 is 11.3 Å². The van der Waals surface area contributed by atoms with Crippen molar-refractivity contribution in [3.05, 3.63) is 22.4 Å². The maximum atomic E-state index is 3.75. The third-order valence-electron chi connectivity index (χ3n) is 3.01. The molecule has 1 heterocycles. The van der Waals surface area contributed by atoms with E-state index in [4.69, 9.17) is 0 Å². The first kappa shape index (κ1) is 13.7. The molecule has 1 aromatic rings. The summed E-state index contributed by atoms with van der Waals surface area (Å²) in [5.74, 6) is 0. The summed E-state index contributed by atoms with van der Waals surface area (Å²) in [5, 5.41) is 5.91. The second kappa shape index (κ2) is 7.86. The standard InChI is InChI=1S/C14H25NS/c1-4-6-8-13(5-2)15-12(3)11-14-9-7-10-16-14/h7,9-10,12-13,15H,4-6,8,11H2,1-3H3. The molecule has 2 unspecified atom stereocenters. The van der Waals surface area contributed by atoms with Gasteiger partial charge < -0.3 is 5.32 Å². The number of nitrogens with one attached hydrogen (secondary N) is 1. The van der Waals surface area contributed by atoms with Crippen LogP contribution in [0.3, 0.4) is 0 Å². The maximum Gasteiger partial charge on any atom is 0.00896 e. The summed E-state index contributed by atoms with van der Waals surface area (Å²) in [4.78, 5) is 1.49. The van der Waals surface area contributed by atoms with Gasteiger partial charge in [0.05, 0.1) is 0 Å². The summed E-state index contributed by atoms with van der Waals surface area (Å²) in [6, 6.07) is 5.67. The Balaban J connectivity index is 2.28. The average molecular weight is 239 g/mol. The van der Waals surface area contributed by atoms with Gasteiger partial charge in [0.25, 0.3) is 0 Å². The summed E-state index contributed by atoms with van der Waals surface area (Å²) >= 11 is 1.86. The van der Waals surface area contributed by atoms with Gasteiger partial charge in [-0.3, -0.25) is 0 Å². The molecule has 0 aliphatic rings. The van der Waals surface area contributed by atoms with E-state index in [1.54, 1.807) is 0 Å². The minimum absolute atomic E-state index is 0.598. The van der Waals surface area contributed by atoms with E-state index in [0.717, 1.165) is 0 Å². The number of thiophene rings is 1. The highest BCUT2D eigenvalue weighted by Gasteiger charge is 2.10. The fourth-order valence-corrected chi connectivity index (χ4v) is 2.88. The van der Waals surface area contributed by atoms with Gasteiger partial charge in [-0.05, 0) is 37.6 Å². The van der Waals surface area contributed by atoms with E-state index in [0.29, 0.717) is 12.1 Å². The molecule has 1 rings (SSSR count). The van der Waals surface area contributed by atoms with Crippen molar-refractivity contribution in [3.8, 4) is 0 Å². The molecule has 0 radical (unpaired) electrons. The van der Waals surface area contributed by atoms with Crippen LogP contribution in [0, 0.1) is 0 Å². The van der Waals surface area contributed by atoms with E-state index < -0.39 is 0 Å². The van der Waals surface area contributed by atoms with Gasteiger partial charge in [-0.1, -0.05) is 32.8 Å². The smallest absolute Gasteiger partial charge is 0.00896 e. The first-order valence-corrected chi connectivity index (χ1v) is 7.42. The van der Waals surface area contributed by atoms with Crippen molar-refractivity contribution in [2.75, 3.05) is 0 Å². The van der Waals surface area contributed by atoms with Gasteiger partial charge in [0.1, 0.15) is 0 Å². The first-order valence-electron chi connectivity index (χ1n) is 6.54. The zero-order valence-corrected chi connectivity index (χ0v) is 11.6. The molecule has 0 amide bonds. The Bertz CT molecular complexity index is 256. The first-order chi connectivity index (χ1) is 7.76. The summed E-state index contributed by atoms with van der Waals surface area (Å²) < 4.78 is 0. The summed E-state index contributed by atoms with van der Waals surface area (Å²) in [5.41, 5.74) is 0. The Kier molecular flexibility index (Phi) is 6.74. The van der Waals surface area contributed by atoms with Gasteiger partial charge in [0.15, 0.2) is 0 Å². The van der Waals surface area contributed by atoms with Crippen LogP contribution in [0.5, 0.6) is 0 Å². The van der Waals surface area contributed by atoms with Crippen LogP contribution in [-0.4, -0.2) is 12.1 Å². The van der Waals surface area contributed by atoms with Crippen molar-refractivity contribution in [2.24, 2.45) is 0 Å². The maximum absolute atomic E-state index is 3.75. The molecule has 0 bridgehead atoms. The molecule has 0 aliphatic carbocycles. The van der Waals surface area contributed by atoms with Gasteiger partial charge >= 0.3 is 0 Å². The van der Waals surface area contributed by atoms with Crippen molar-refractivity contribution < 1.29 is 0 Å². The third kappa shape index (κ3) is 5.13. The molecule has 1 nitrogen and oxygen atoms in total. The van der Waals surface area contributed by atoms with Crippen LogP contribution in [-0.2, 0) is 6.42 Å². The molecule has 2 atom stereocenters. The fourth-order valence-electron chi connectivity index (χ4n) is 2.05. The third-order valence-corrected chi connectivity index (χ3v) is 3.91. The van der Waals surface area contributed by atoms with Crippen molar-refractivity contribution in [1.82, 2.24) is 5.32 Å². The molecule has 0 spiro atoms. The Morgan fingerprint density at radius 2 is 2.19 bits per heavy atom. The van der Waals surface area contributed by atoms with Gasteiger partial charge in [0.2, 0.25) is 0 Å². The van der Waals surface area contributed by atoms with E-state index >= 15 is 0 Å². The van der Waals surface area contributed by atoms with Gasteiger partial charge in [-0.2, -0.15) is 0 Å². The predicted octanol–water partition coefficient (Wildman–Crippen LogP) is 4.24. The quantitative estimate of drug-likeness (QED) is 0.715. The van der Waals surface area contributed by atoms with E-state index in [2.05, 4.69) is 43.6 Å². The lowest BCUT2D eigenvalue weighted by Gasteiger charge is -2.21. The fraction of sp³-hybridized carbons (Fsp3) is 0.714. The van der Waals surface area contributed by atoms with Crippen LogP contribution < -0.4 is 5.32 Å². The monoisotopic (exact) mass is 239 g/mol. The molecule has 92 valence electrons. The lowest BCUT2D eigenvalue weighted by Crippen LogP contribution is -2.37. The molecule has 0 saturated heterocycles. The lowest BCUT2D eigenvalue weighted by atomic mass is 10.1. The van der Waals surface area contributed by atoms with Crippen LogP contribution in [0.1, 0.15) is 51.3 Å². The molecule has 0 fully saturated rings. The topological polar surface area (TPSA) is 12.0 Å². The molecule has 16 heavy (non-hydrogen) atoms. The largest absolute Gasteiger partial charge is 0.311 e. The zero-order valence-electron chi connectivity index (χ0n) is 10.8. The summed E-state index contributed by atoms with van der Waals surface area (Å²) in [6.45, 7) is 6.85. The Morgan fingerprint density at radius 3 is 2.75 bits per heavy atom. The number of hydrogen-bond acceptors (Lipinski definition) is 2. The van der Waals surface area contributed by atoms with Crippen LogP contribution in [0.2, 0.25) is 0 Å². The lowest BCUT2D eigenvalue weighted by molar-refractivity contribution is 0.403. The molecule has 2 heteroatoms. The minimum Gasteiger partial charge on any atom is -0.311 e. The molecule has 1 N–H and O–H groups in total. The predicted molar refractivity (Wildman–Crippen MR) is 74.2 cm³/mol. The van der Waals surface area contributed by atoms with Crippen LogP contribution in [0.15, 0.2) is 17.5 Å². The molecular weight excluding hydrogens is 214 g/mol. The van der Waals surface area contributed by atoms with E-state index in [1.807, 2.05) is 11.3 Å². The number of hydrogen-bond donors (Lipinski definition) is 1. The van der Waals surface area contributed by atoms with Crippen molar-refractivity contribution in [1.29, 1.82) is 0 Å². The molecular formula is C14H25NS. The molecule has 0 aromatic carbocycles. The molecule has 0 saturated carbocycles. The normalized spacial score (nSPS) is 14.9. The van der Waals surface area contributed by atoms with Crippen LogP contribution in [0.4, 0.5) is 0 Å². The second-order valence-corrected chi connectivity index (χ2v) is 5.63. The zero-order chi connectivity index (χ0) is 11.8. The minimum atomic E-state index is 0.598. The second-order valence-electron chi connectivity index (χ2n) is 4.60. The number of unbranched alkanes of at least 4 members (excludes halogenated alkanes) is 1. The van der Waals surface area contributed by atoms with E-state index in [9.17, 15) is 0 Å². The highest BCUT2D eigenvalue weighted by molar-refractivity contribution is 7.09. The van der Waals surface area contributed by atoms with Crippen LogP contribution >= 0.6 is 11.3 Å². The van der Waals surface area contributed by atoms with Gasteiger partial charge in [-0.15, -0.1) is 11.3 Å². The summed E-state index contributed by atoms with van der Waals surface area (Å²) in [7, 11) is 0. The number of rotatable bonds is 8. The molecule has 0 aliphatic heterocycles. The Morgan fingerprint density at radius 1 is 1.38 bits per heavy atom. The summed E-state index contributed by atoms with van der Waals surface area (Å²) in [6.07, 6.45) is 6.38. The van der Waals surface area contributed by atoms with Gasteiger partial charge in [-0.25, -0.2) is 0 Å². The highest BCUT2D eigenvalue weighted by Crippen LogP contribution is 2.12. The van der Waals surface area contributed by atoms with Crippen molar-refractivity contribution in [2.45, 2.75) is 65.0 Å². The average Bonchev–Trinajstić information content (AvgIpc) is 2.76. The highest BCUT2D eigenvalue weighted by atomic mass is 32.1. The van der Waals surface area contributed by atoms with E-state index in [-0.39, 0.29) is 0 Å². The van der Waals surface area contributed by atoms with Crippen molar-refractivity contribution in [3.63, 3.8) is 0 Å². The van der Waals surface area contributed by atoms with E-state index in [1.165, 1.54) is 37.0 Å². The SMILES string of the molecule is CCCCC(CC)NC(C)Cc1cccs1. The molecule has 1 aromatic heterocycles. The Labute approximate surface area is 104 Å². The Hall–Kier alpha value is -0.340. The van der Waals surface area contributed by atoms with Crippen LogP contribution in [0.25, 0.3) is 0 Å². The van der Waals surface area contributed by atoms with Gasteiger partial charge in [0, 0.05) is 17.0 Å².